The van der Waals surface area contributed by atoms with E-state index in [2.05, 4.69) is 20.4 Å². The van der Waals surface area contributed by atoms with Gasteiger partial charge in [0.2, 0.25) is 5.78 Å². The molecular formula is C21H17N5O4. The zero-order chi connectivity index (χ0) is 21.1. The number of carbonyl (C=O) groups is 3. The van der Waals surface area contributed by atoms with Gasteiger partial charge in [0.25, 0.3) is 11.8 Å². The zero-order valence-electron chi connectivity index (χ0n) is 15.7. The van der Waals surface area contributed by atoms with E-state index in [0.29, 0.717) is 5.69 Å². The molecule has 0 bridgehead atoms. The number of para-hydroxylation sites is 1. The number of Topliss-reactive ketones (excluding diaryl/α,β-unsaturated/α-hetero) is 1. The molecule has 1 atom stereocenters. The summed E-state index contributed by atoms with van der Waals surface area (Å²) in [6, 6.07) is 11.5. The van der Waals surface area contributed by atoms with E-state index in [1.54, 1.807) is 30.6 Å². The van der Waals surface area contributed by atoms with Gasteiger partial charge in [-0.3, -0.25) is 19.4 Å². The number of pyridine rings is 1. The summed E-state index contributed by atoms with van der Waals surface area (Å²) in [6.45, 7) is 0. The van der Waals surface area contributed by atoms with Crippen molar-refractivity contribution >= 4 is 28.5 Å². The highest BCUT2D eigenvalue weighted by molar-refractivity contribution is 6.38. The summed E-state index contributed by atoms with van der Waals surface area (Å²) in [5.74, 6) is -2.66. The van der Waals surface area contributed by atoms with Gasteiger partial charge < -0.3 is 20.6 Å². The second-order valence-electron chi connectivity index (χ2n) is 6.61. The van der Waals surface area contributed by atoms with E-state index in [4.69, 9.17) is 10.3 Å². The van der Waals surface area contributed by atoms with Gasteiger partial charge in [-0.05, 0) is 23.8 Å². The van der Waals surface area contributed by atoms with Crippen molar-refractivity contribution in [1.82, 2.24) is 20.4 Å². The van der Waals surface area contributed by atoms with Crippen molar-refractivity contribution < 1.29 is 18.9 Å². The molecule has 2 amide bonds. The molecule has 3 aromatic heterocycles. The molecule has 1 aromatic carbocycles. The zero-order valence-corrected chi connectivity index (χ0v) is 15.7. The van der Waals surface area contributed by atoms with Crippen LogP contribution in [0.3, 0.4) is 0 Å². The number of nitrogens with zero attached hydrogens (tertiary/aromatic N) is 2. The predicted molar refractivity (Wildman–Crippen MR) is 107 cm³/mol. The molecule has 150 valence electrons. The van der Waals surface area contributed by atoms with Gasteiger partial charge in [0.05, 0.1) is 5.69 Å². The van der Waals surface area contributed by atoms with E-state index in [1.165, 1.54) is 0 Å². The Bertz CT molecular complexity index is 1230. The fourth-order valence-corrected chi connectivity index (χ4v) is 3.22. The lowest BCUT2D eigenvalue weighted by Gasteiger charge is -2.15. The molecule has 1 unspecified atom stereocenters. The molecule has 4 rings (SSSR count). The summed E-state index contributed by atoms with van der Waals surface area (Å²) in [7, 11) is 0. The maximum absolute atomic E-state index is 12.9. The minimum Gasteiger partial charge on any atom is -0.363 e. The van der Waals surface area contributed by atoms with Gasteiger partial charge >= 0.3 is 0 Å². The Balaban J connectivity index is 1.62. The first-order valence-corrected chi connectivity index (χ1v) is 9.10. The Morgan fingerprint density at radius 2 is 1.93 bits per heavy atom. The molecule has 9 heteroatoms. The standard InChI is InChI=1S/C21H17N5O4/c22-20(28)19(27)17(9-12-10-24-15-6-2-1-5-13(12)15)25-21(29)14-11-30-26-18(14)16-7-3-4-8-23-16/h1-8,10-11,17,24H,9H2,(H2,22,28)(H,25,29). The Morgan fingerprint density at radius 3 is 2.70 bits per heavy atom. The third-order valence-electron chi connectivity index (χ3n) is 4.69. The second-order valence-corrected chi connectivity index (χ2v) is 6.61. The molecule has 0 aliphatic heterocycles. The first-order valence-electron chi connectivity index (χ1n) is 9.10. The third kappa shape index (κ3) is 3.68. The number of carbonyl (C=O) groups excluding carboxylic acids is 3. The number of benzene rings is 1. The van der Waals surface area contributed by atoms with Crippen LogP contribution in [-0.4, -0.2) is 38.8 Å². The van der Waals surface area contributed by atoms with Crippen LogP contribution in [0.15, 0.2) is 65.6 Å². The molecule has 3 heterocycles. The molecule has 30 heavy (non-hydrogen) atoms. The molecule has 0 spiro atoms. The number of ketones is 1. The average molecular weight is 403 g/mol. The number of nitrogens with two attached hydrogens (primary N) is 1. The van der Waals surface area contributed by atoms with Gasteiger partial charge in [-0.2, -0.15) is 0 Å². The highest BCUT2D eigenvalue weighted by Gasteiger charge is 2.28. The predicted octanol–water partition coefficient (Wildman–Crippen LogP) is 1.61. The van der Waals surface area contributed by atoms with E-state index in [0.717, 1.165) is 22.7 Å². The Hall–Kier alpha value is -4.27. The number of aromatic nitrogens is 3. The fourth-order valence-electron chi connectivity index (χ4n) is 3.22. The quantitative estimate of drug-likeness (QED) is 0.400. The number of hydrogen-bond donors (Lipinski definition) is 3. The molecule has 0 aliphatic carbocycles. The van der Waals surface area contributed by atoms with Crippen molar-refractivity contribution in [2.24, 2.45) is 5.73 Å². The van der Waals surface area contributed by atoms with Gasteiger partial charge in [-0.15, -0.1) is 0 Å². The number of amides is 2. The topological polar surface area (TPSA) is 144 Å². The number of primary amides is 1. The average Bonchev–Trinajstić information content (AvgIpc) is 3.41. The van der Waals surface area contributed by atoms with Crippen LogP contribution in [0.5, 0.6) is 0 Å². The Labute approximate surface area is 170 Å². The van der Waals surface area contributed by atoms with Crippen molar-refractivity contribution in [3.05, 3.63) is 72.2 Å². The molecule has 0 radical (unpaired) electrons. The number of rotatable bonds is 7. The summed E-state index contributed by atoms with van der Waals surface area (Å²) in [6.07, 6.45) is 4.54. The smallest absolute Gasteiger partial charge is 0.287 e. The SMILES string of the molecule is NC(=O)C(=O)C(Cc1c[nH]c2ccccc12)NC(=O)c1conc1-c1ccccn1. The van der Waals surface area contributed by atoms with E-state index >= 15 is 0 Å². The molecule has 4 N–H and O–H groups in total. The lowest BCUT2D eigenvalue weighted by Crippen LogP contribution is -2.47. The molecule has 0 saturated heterocycles. The summed E-state index contributed by atoms with van der Waals surface area (Å²) in [5.41, 5.74) is 7.60. The number of fused-ring (bicyclic) bond motifs is 1. The van der Waals surface area contributed by atoms with Crippen molar-refractivity contribution in [2.75, 3.05) is 0 Å². The van der Waals surface area contributed by atoms with Crippen molar-refractivity contribution in [3.8, 4) is 11.4 Å². The van der Waals surface area contributed by atoms with E-state index in [-0.39, 0.29) is 17.7 Å². The highest BCUT2D eigenvalue weighted by atomic mass is 16.5. The lowest BCUT2D eigenvalue weighted by molar-refractivity contribution is -0.137. The van der Waals surface area contributed by atoms with Crippen molar-refractivity contribution in [2.45, 2.75) is 12.5 Å². The maximum atomic E-state index is 12.9. The second kappa shape index (κ2) is 8.00. The number of nitrogens with one attached hydrogen (secondary N) is 2. The van der Waals surface area contributed by atoms with Crippen LogP contribution in [0.2, 0.25) is 0 Å². The minimum atomic E-state index is -1.15. The molecule has 0 saturated carbocycles. The summed E-state index contributed by atoms with van der Waals surface area (Å²) < 4.78 is 4.94. The highest BCUT2D eigenvalue weighted by Crippen LogP contribution is 2.21. The monoisotopic (exact) mass is 403 g/mol. The largest absolute Gasteiger partial charge is 0.363 e. The number of aromatic amines is 1. The normalized spacial score (nSPS) is 11.9. The summed E-state index contributed by atoms with van der Waals surface area (Å²) in [4.78, 5) is 44.1. The van der Waals surface area contributed by atoms with Crippen molar-refractivity contribution in [3.63, 3.8) is 0 Å². The van der Waals surface area contributed by atoms with Gasteiger partial charge in [0, 0.05) is 29.7 Å². The third-order valence-corrected chi connectivity index (χ3v) is 4.69. The van der Waals surface area contributed by atoms with Crippen LogP contribution in [0.25, 0.3) is 22.3 Å². The van der Waals surface area contributed by atoms with Crippen LogP contribution in [-0.2, 0) is 16.0 Å². The van der Waals surface area contributed by atoms with Gasteiger partial charge in [-0.1, -0.05) is 29.4 Å². The fraction of sp³-hybridized carbons (Fsp3) is 0.0952. The van der Waals surface area contributed by atoms with Crippen LogP contribution < -0.4 is 11.1 Å². The van der Waals surface area contributed by atoms with Crippen molar-refractivity contribution in [1.29, 1.82) is 0 Å². The van der Waals surface area contributed by atoms with Gasteiger partial charge in [0.1, 0.15) is 23.6 Å². The summed E-state index contributed by atoms with van der Waals surface area (Å²) >= 11 is 0. The van der Waals surface area contributed by atoms with Crippen LogP contribution >= 0.6 is 0 Å². The Morgan fingerprint density at radius 1 is 1.13 bits per heavy atom. The van der Waals surface area contributed by atoms with E-state index < -0.39 is 23.6 Å². The molecule has 0 fully saturated rings. The van der Waals surface area contributed by atoms with Crippen LogP contribution in [0.1, 0.15) is 15.9 Å². The van der Waals surface area contributed by atoms with E-state index in [1.807, 2.05) is 24.3 Å². The first kappa shape index (κ1) is 19.1. The van der Waals surface area contributed by atoms with Gasteiger partial charge in [0.15, 0.2) is 0 Å². The lowest BCUT2D eigenvalue weighted by atomic mass is 10.0. The first-order chi connectivity index (χ1) is 14.5. The molecule has 4 aromatic rings. The number of hydrogen-bond acceptors (Lipinski definition) is 6. The summed E-state index contributed by atoms with van der Waals surface area (Å²) in [5, 5.41) is 7.30. The molecular weight excluding hydrogens is 386 g/mol. The molecule has 9 nitrogen and oxygen atoms in total. The van der Waals surface area contributed by atoms with Crippen LogP contribution in [0.4, 0.5) is 0 Å². The van der Waals surface area contributed by atoms with Crippen LogP contribution in [0, 0.1) is 0 Å². The Kier molecular flexibility index (Phi) is 5.08. The van der Waals surface area contributed by atoms with E-state index in [9.17, 15) is 14.4 Å². The maximum Gasteiger partial charge on any atom is 0.287 e. The minimum absolute atomic E-state index is 0.0850. The number of H-pyrrole nitrogens is 1. The van der Waals surface area contributed by atoms with Gasteiger partial charge in [-0.25, -0.2) is 0 Å². The molecule has 0 aliphatic rings.